The number of carbonyl (C=O) groups excluding carboxylic acids is 3. The molecule has 4 amide bonds. The van der Waals surface area contributed by atoms with E-state index in [0.717, 1.165) is 25.9 Å². The summed E-state index contributed by atoms with van der Waals surface area (Å²) in [4.78, 5) is 41.1. The Kier molecular flexibility index (Phi) is 7.09. The second-order valence-corrected chi connectivity index (χ2v) is 8.44. The number of hydrogen-bond donors (Lipinski definition) is 2. The molecule has 2 aliphatic rings. The number of nitrogens with zero attached hydrogens (tertiary/aromatic N) is 2. The Bertz CT molecular complexity index is 910. The lowest BCUT2D eigenvalue weighted by molar-refractivity contribution is -0.121. The van der Waals surface area contributed by atoms with E-state index in [0.29, 0.717) is 43.1 Å². The van der Waals surface area contributed by atoms with Gasteiger partial charge in [0.2, 0.25) is 5.91 Å². The maximum absolute atomic E-state index is 12.7. The monoisotopic (exact) mass is 438 g/mol. The van der Waals surface area contributed by atoms with Crippen LogP contribution >= 0.6 is 0 Å². The van der Waals surface area contributed by atoms with Crippen molar-refractivity contribution >= 4 is 29.2 Å². The van der Waals surface area contributed by atoms with Crippen LogP contribution in [0.3, 0.4) is 0 Å². The van der Waals surface area contributed by atoms with E-state index in [1.807, 2.05) is 4.90 Å². The van der Waals surface area contributed by atoms with Crippen molar-refractivity contribution in [1.82, 2.24) is 9.80 Å². The minimum Gasteiger partial charge on any atom is -0.459 e. The fourth-order valence-electron chi connectivity index (χ4n) is 4.26. The third-order valence-electron chi connectivity index (χ3n) is 6.18. The fourth-order valence-corrected chi connectivity index (χ4v) is 4.26. The molecule has 0 radical (unpaired) electrons. The molecule has 0 bridgehead atoms. The van der Waals surface area contributed by atoms with Crippen LogP contribution in [0.4, 0.5) is 16.2 Å². The summed E-state index contributed by atoms with van der Waals surface area (Å²) in [5.74, 6) is 0.0112. The van der Waals surface area contributed by atoms with E-state index in [9.17, 15) is 14.4 Å². The highest BCUT2D eigenvalue weighted by molar-refractivity contribution is 5.94. The summed E-state index contributed by atoms with van der Waals surface area (Å²) in [6.07, 6.45) is 7.17. The lowest BCUT2D eigenvalue weighted by Gasteiger charge is -2.30. The number of rotatable bonds is 4. The lowest BCUT2D eigenvalue weighted by Crippen LogP contribution is -2.41. The maximum atomic E-state index is 12.7. The first kappa shape index (κ1) is 21.9. The second-order valence-electron chi connectivity index (χ2n) is 8.44. The normalized spacial score (nSPS) is 17.5. The number of carbonyl (C=O) groups is 3. The molecule has 0 aliphatic carbocycles. The van der Waals surface area contributed by atoms with Gasteiger partial charge in [-0.15, -0.1) is 0 Å². The van der Waals surface area contributed by atoms with Crippen LogP contribution in [0.25, 0.3) is 0 Å². The van der Waals surface area contributed by atoms with Crippen molar-refractivity contribution in [2.24, 2.45) is 5.92 Å². The number of amides is 4. The van der Waals surface area contributed by atoms with Gasteiger partial charge in [0, 0.05) is 43.5 Å². The first-order chi connectivity index (χ1) is 15.6. The molecule has 0 atom stereocenters. The highest BCUT2D eigenvalue weighted by Crippen LogP contribution is 2.22. The molecule has 0 saturated carbocycles. The minimum atomic E-state index is -0.141. The van der Waals surface area contributed by atoms with E-state index in [2.05, 4.69) is 10.6 Å². The Morgan fingerprint density at radius 1 is 0.781 bits per heavy atom. The summed E-state index contributed by atoms with van der Waals surface area (Å²) < 4.78 is 5.18. The zero-order valence-corrected chi connectivity index (χ0v) is 18.2. The molecular formula is C24H30N4O4. The van der Waals surface area contributed by atoms with Crippen LogP contribution in [0.2, 0.25) is 0 Å². The third kappa shape index (κ3) is 5.49. The van der Waals surface area contributed by atoms with E-state index >= 15 is 0 Å². The molecule has 2 N–H and O–H groups in total. The molecular weight excluding hydrogens is 408 g/mol. The van der Waals surface area contributed by atoms with Gasteiger partial charge in [0.05, 0.1) is 6.26 Å². The minimum absolute atomic E-state index is 0.0450. The van der Waals surface area contributed by atoms with Gasteiger partial charge in [0.1, 0.15) is 0 Å². The molecule has 2 aromatic rings. The zero-order chi connectivity index (χ0) is 22.3. The van der Waals surface area contributed by atoms with E-state index < -0.39 is 0 Å². The molecule has 8 nitrogen and oxygen atoms in total. The molecule has 4 rings (SSSR count). The molecule has 3 heterocycles. The third-order valence-corrected chi connectivity index (χ3v) is 6.18. The summed E-state index contributed by atoms with van der Waals surface area (Å²) in [7, 11) is 0. The largest absolute Gasteiger partial charge is 0.459 e. The average Bonchev–Trinajstić information content (AvgIpc) is 3.22. The van der Waals surface area contributed by atoms with Crippen LogP contribution in [-0.4, -0.2) is 53.8 Å². The van der Waals surface area contributed by atoms with Gasteiger partial charge in [-0.05, 0) is 62.1 Å². The fraction of sp³-hybridized carbons (Fsp3) is 0.458. The summed E-state index contributed by atoms with van der Waals surface area (Å²) >= 11 is 0. The van der Waals surface area contributed by atoms with Crippen molar-refractivity contribution in [3.63, 3.8) is 0 Å². The number of urea groups is 1. The van der Waals surface area contributed by atoms with Crippen molar-refractivity contribution in [1.29, 1.82) is 0 Å². The van der Waals surface area contributed by atoms with E-state index in [1.54, 1.807) is 41.3 Å². The molecule has 32 heavy (non-hydrogen) atoms. The highest BCUT2D eigenvalue weighted by atomic mass is 16.3. The Balaban J connectivity index is 1.24. The van der Waals surface area contributed by atoms with Crippen molar-refractivity contribution in [2.45, 2.75) is 38.5 Å². The standard InChI is InChI=1S/C24H30N4O4/c29-22(18-11-15-27(16-12-18)23(30)21-6-5-17-32-21)25-19-7-9-20(10-8-19)26-24(31)28-13-3-1-2-4-14-28/h5-10,17-18H,1-4,11-16H2,(H,25,29)(H,26,31). The molecule has 0 unspecified atom stereocenters. The van der Waals surface area contributed by atoms with Crippen molar-refractivity contribution in [3.8, 4) is 0 Å². The predicted molar refractivity (Wildman–Crippen MR) is 121 cm³/mol. The molecule has 2 aliphatic heterocycles. The first-order valence-electron chi connectivity index (χ1n) is 11.4. The number of benzene rings is 1. The number of hydrogen-bond acceptors (Lipinski definition) is 4. The van der Waals surface area contributed by atoms with Gasteiger partial charge < -0.3 is 24.9 Å². The molecule has 0 spiro atoms. The van der Waals surface area contributed by atoms with Crippen LogP contribution < -0.4 is 10.6 Å². The number of anilines is 2. The van der Waals surface area contributed by atoms with Crippen LogP contribution in [0.1, 0.15) is 49.1 Å². The summed E-state index contributed by atoms with van der Waals surface area (Å²) in [5, 5.41) is 5.89. The van der Waals surface area contributed by atoms with Crippen LogP contribution in [0.15, 0.2) is 47.1 Å². The van der Waals surface area contributed by atoms with Gasteiger partial charge in [-0.25, -0.2) is 4.79 Å². The molecule has 170 valence electrons. The quantitative estimate of drug-likeness (QED) is 0.749. The van der Waals surface area contributed by atoms with Gasteiger partial charge in [0.15, 0.2) is 5.76 Å². The van der Waals surface area contributed by atoms with E-state index in [4.69, 9.17) is 4.42 Å². The molecule has 1 aromatic carbocycles. The lowest BCUT2D eigenvalue weighted by atomic mass is 9.95. The van der Waals surface area contributed by atoms with Crippen LogP contribution in [0.5, 0.6) is 0 Å². The molecule has 2 fully saturated rings. The summed E-state index contributed by atoms with van der Waals surface area (Å²) in [6, 6.07) is 10.5. The summed E-state index contributed by atoms with van der Waals surface area (Å²) in [5.41, 5.74) is 1.40. The highest BCUT2D eigenvalue weighted by Gasteiger charge is 2.28. The number of piperidine rings is 1. The smallest absolute Gasteiger partial charge is 0.321 e. The van der Waals surface area contributed by atoms with E-state index in [-0.39, 0.29) is 23.8 Å². The summed E-state index contributed by atoms with van der Waals surface area (Å²) in [6.45, 7) is 2.65. The number of likely N-dealkylation sites (tertiary alicyclic amines) is 2. The predicted octanol–water partition coefficient (Wildman–Crippen LogP) is 4.18. The Morgan fingerprint density at radius 2 is 1.41 bits per heavy atom. The molecule has 8 heteroatoms. The van der Waals surface area contributed by atoms with Gasteiger partial charge in [-0.2, -0.15) is 0 Å². The molecule has 2 saturated heterocycles. The maximum Gasteiger partial charge on any atom is 0.321 e. The van der Waals surface area contributed by atoms with Crippen molar-refractivity contribution in [2.75, 3.05) is 36.8 Å². The van der Waals surface area contributed by atoms with Crippen LogP contribution in [0, 0.1) is 5.92 Å². The number of nitrogens with one attached hydrogen (secondary N) is 2. The van der Waals surface area contributed by atoms with Crippen molar-refractivity contribution < 1.29 is 18.8 Å². The Morgan fingerprint density at radius 3 is 2.00 bits per heavy atom. The van der Waals surface area contributed by atoms with Gasteiger partial charge in [-0.3, -0.25) is 9.59 Å². The second kappa shape index (κ2) is 10.3. The first-order valence-corrected chi connectivity index (χ1v) is 11.4. The van der Waals surface area contributed by atoms with Gasteiger partial charge >= 0.3 is 6.03 Å². The topological polar surface area (TPSA) is 94.9 Å². The Hall–Kier alpha value is -3.29. The zero-order valence-electron chi connectivity index (χ0n) is 18.2. The van der Waals surface area contributed by atoms with Gasteiger partial charge in [-0.1, -0.05) is 12.8 Å². The van der Waals surface area contributed by atoms with Crippen LogP contribution in [-0.2, 0) is 4.79 Å². The Labute approximate surface area is 187 Å². The SMILES string of the molecule is O=C(Nc1ccc(NC(=O)N2CCCCCC2)cc1)C1CCN(C(=O)c2ccco2)CC1. The van der Waals surface area contributed by atoms with Gasteiger partial charge in [0.25, 0.3) is 5.91 Å². The number of furan rings is 1. The molecule has 1 aromatic heterocycles. The average molecular weight is 439 g/mol. The van der Waals surface area contributed by atoms with E-state index in [1.165, 1.54) is 19.1 Å². The van der Waals surface area contributed by atoms with Crippen molar-refractivity contribution in [3.05, 3.63) is 48.4 Å².